The Morgan fingerprint density at radius 2 is 1.59 bits per heavy atom. The van der Waals surface area contributed by atoms with Crippen molar-refractivity contribution in [3.05, 3.63) is 60.2 Å². The van der Waals surface area contributed by atoms with Crippen molar-refractivity contribution < 1.29 is 4.21 Å². The Balaban J connectivity index is 2.23. The third-order valence-electron chi connectivity index (χ3n) is 3.28. The summed E-state index contributed by atoms with van der Waals surface area (Å²) in [6, 6.07) is 19.9. The molecule has 0 aliphatic heterocycles. The van der Waals surface area contributed by atoms with Gasteiger partial charge < -0.3 is 0 Å². The van der Waals surface area contributed by atoms with E-state index in [1.54, 1.807) is 0 Å². The van der Waals surface area contributed by atoms with E-state index in [0.29, 0.717) is 0 Å². The molecule has 1 nitrogen and oxygen atoms in total. The van der Waals surface area contributed by atoms with Gasteiger partial charge in [-0.1, -0.05) is 0 Å². The molecule has 22 heavy (non-hydrogen) atoms. The van der Waals surface area contributed by atoms with Crippen LogP contribution in [0.2, 0.25) is 25.7 Å². The average molecular weight is 396 g/mol. The number of rotatable bonds is 6. The van der Waals surface area contributed by atoms with Crippen molar-refractivity contribution in [1.82, 2.24) is 0 Å². The molecule has 0 aromatic heterocycles. The maximum absolute atomic E-state index is 13.1. The first-order valence-corrected chi connectivity index (χ1v) is 14.3. The predicted molar refractivity (Wildman–Crippen MR) is 101 cm³/mol. The van der Waals surface area contributed by atoms with E-state index in [1.807, 2.05) is 18.2 Å². The van der Waals surface area contributed by atoms with E-state index < -0.39 is 18.9 Å². The first-order valence-electron chi connectivity index (χ1n) is 7.54. The van der Waals surface area contributed by atoms with Crippen LogP contribution in [0, 0.1) is 6.92 Å². The third-order valence-corrected chi connectivity index (χ3v) is 10.9. The first-order chi connectivity index (χ1) is 10.3. The molecule has 0 fully saturated rings. The summed E-state index contributed by atoms with van der Waals surface area (Å²) in [7, 11) is -2.17. The Labute approximate surface area is 144 Å². The number of aryl methyl sites for hydroxylation is 1. The second-order valence-electron chi connectivity index (χ2n) is 6.74. The zero-order valence-electron chi connectivity index (χ0n) is 13.7. The maximum atomic E-state index is 13.1. The molecule has 118 valence electrons. The summed E-state index contributed by atoms with van der Waals surface area (Å²) in [5, 5.41) is 0. The van der Waals surface area contributed by atoms with Crippen LogP contribution < -0.4 is 4.46 Å². The summed E-state index contributed by atoms with van der Waals surface area (Å²) in [5.41, 5.74) is 1.22. The monoisotopic (exact) mass is 396 g/mol. The minimum absolute atomic E-state index is 0.247. The molecule has 2 rings (SSSR count). The van der Waals surface area contributed by atoms with E-state index in [0.717, 1.165) is 10.9 Å². The van der Waals surface area contributed by atoms with Gasteiger partial charge in [-0.05, 0) is 0 Å². The van der Waals surface area contributed by atoms with Gasteiger partial charge in [-0.2, -0.15) is 0 Å². The second kappa shape index (κ2) is 7.74. The molecule has 0 bridgehead atoms. The van der Waals surface area contributed by atoms with Crippen molar-refractivity contribution in [2.45, 2.75) is 41.7 Å². The van der Waals surface area contributed by atoms with Crippen LogP contribution in [0.15, 0.2) is 59.5 Å². The van der Waals surface area contributed by atoms with E-state index in [1.165, 1.54) is 10.0 Å². The number of hydrogen-bond donors (Lipinski definition) is 0. The van der Waals surface area contributed by atoms with E-state index >= 15 is 0 Å². The molecule has 0 saturated carbocycles. The molecule has 2 aromatic rings. The van der Waals surface area contributed by atoms with E-state index in [4.69, 9.17) is 0 Å². The van der Waals surface area contributed by atoms with Crippen LogP contribution in [-0.2, 0) is 10.8 Å². The van der Waals surface area contributed by atoms with Gasteiger partial charge in [0.15, 0.2) is 0 Å². The van der Waals surface area contributed by atoms with Gasteiger partial charge in [-0.25, -0.2) is 0 Å². The van der Waals surface area contributed by atoms with Crippen LogP contribution in [0.5, 0.6) is 0 Å². The Kier molecular flexibility index (Phi) is 6.22. The van der Waals surface area contributed by atoms with Crippen molar-refractivity contribution in [2.75, 3.05) is 0 Å². The van der Waals surface area contributed by atoms with Gasteiger partial charge in [0.05, 0.1) is 0 Å². The molecule has 0 aliphatic rings. The van der Waals surface area contributed by atoms with Crippen LogP contribution >= 0.6 is 0 Å². The summed E-state index contributed by atoms with van der Waals surface area (Å²) >= 11 is 0.247. The molecular formula is C18H24OSSeSi. The zero-order valence-corrected chi connectivity index (χ0v) is 17.2. The average Bonchev–Trinajstić information content (AvgIpc) is 2.46. The van der Waals surface area contributed by atoms with Crippen LogP contribution in [0.4, 0.5) is 0 Å². The van der Waals surface area contributed by atoms with Crippen LogP contribution in [-0.4, -0.2) is 31.4 Å². The van der Waals surface area contributed by atoms with Gasteiger partial charge in [-0.3, -0.25) is 0 Å². The molecule has 1 unspecified atom stereocenters. The molecule has 0 amide bonds. The van der Waals surface area contributed by atoms with Gasteiger partial charge in [-0.15, -0.1) is 0 Å². The minimum atomic E-state index is -1.26. The van der Waals surface area contributed by atoms with Gasteiger partial charge in [0, 0.05) is 0 Å². The van der Waals surface area contributed by atoms with E-state index in [-0.39, 0.29) is 19.1 Å². The van der Waals surface area contributed by atoms with Crippen molar-refractivity contribution in [2.24, 2.45) is 0 Å². The van der Waals surface area contributed by atoms with Crippen LogP contribution in [0.3, 0.4) is 0 Å². The van der Waals surface area contributed by atoms with E-state index in [2.05, 4.69) is 63.0 Å². The Morgan fingerprint density at radius 1 is 1.00 bits per heavy atom. The Morgan fingerprint density at radius 3 is 2.14 bits per heavy atom. The third kappa shape index (κ3) is 5.51. The molecule has 0 aliphatic carbocycles. The molecule has 4 heteroatoms. The summed E-state index contributed by atoms with van der Waals surface area (Å²) in [4.78, 5) is 0.978. The van der Waals surface area contributed by atoms with Crippen molar-refractivity contribution in [3.63, 3.8) is 0 Å². The topological polar surface area (TPSA) is 17.1 Å². The van der Waals surface area contributed by atoms with Crippen LogP contribution in [0.25, 0.3) is 0 Å². The standard InChI is InChI=1S/C18H24OSSeSi/c1-15-10-12-16(13-11-15)20(19)18(14-22(2,3)4)21-17-8-6-5-7-9-17/h5-13,18H,14H2,1-4H3/t18?,20-/m0/s1. The fourth-order valence-corrected chi connectivity index (χ4v) is 12.9. The summed E-state index contributed by atoms with van der Waals surface area (Å²) in [6.45, 7) is 9.18. The quantitative estimate of drug-likeness (QED) is 0.680. The predicted octanol–water partition coefficient (Wildman–Crippen LogP) is 3.80. The molecule has 2 atom stereocenters. The first kappa shape index (κ1) is 17.7. The molecule has 0 heterocycles. The van der Waals surface area contributed by atoms with Gasteiger partial charge >= 0.3 is 144 Å². The summed E-state index contributed by atoms with van der Waals surface area (Å²) in [5.74, 6) is 0. The van der Waals surface area contributed by atoms with Crippen LogP contribution in [0.1, 0.15) is 5.56 Å². The fourth-order valence-electron chi connectivity index (χ4n) is 2.14. The molecule has 0 radical (unpaired) electrons. The fraction of sp³-hybridized carbons (Fsp3) is 0.333. The SMILES string of the molecule is Cc1ccc([S@](=O)C(C[Si](C)(C)C)[Se]c2ccccc2)cc1. The Hall–Kier alpha value is -0.674. The molecular weight excluding hydrogens is 371 g/mol. The van der Waals surface area contributed by atoms with Gasteiger partial charge in [0.2, 0.25) is 0 Å². The second-order valence-corrected chi connectivity index (χ2v) is 17.3. The van der Waals surface area contributed by atoms with Crippen molar-refractivity contribution in [1.29, 1.82) is 0 Å². The summed E-state index contributed by atoms with van der Waals surface area (Å²) in [6.07, 6.45) is 0. The molecule has 0 N–H and O–H groups in total. The van der Waals surface area contributed by atoms with Crippen molar-refractivity contribution in [3.8, 4) is 0 Å². The normalized spacial score (nSPS) is 14.5. The zero-order chi connectivity index (χ0) is 16.2. The van der Waals surface area contributed by atoms with Crippen molar-refractivity contribution >= 4 is 38.3 Å². The Bertz CT molecular complexity index is 620. The van der Waals surface area contributed by atoms with E-state index in [9.17, 15) is 4.21 Å². The molecule has 0 saturated heterocycles. The molecule has 2 aromatic carbocycles. The van der Waals surface area contributed by atoms with Gasteiger partial charge in [0.1, 0.15) is 0 Å². The summed E-state index contributed by atoms with van der Waals surface area (Å²) < 4.78 is 14.7. The number of hydrogen-bond acceptors (Lipinski definition) is 1. The number of benzene rings is 2. The molecule has 0 spiro atoms. The van der Waals surface area contributed by atoms with Gasteiger partial charge in [0.25, 0.3) is 0 Å².